The number of hydrogen-bond acceptors (Lipinski definition) is 4. The molecule has 0 radical (unpaired) electrons. The zero-order valence-electron chi connectivity index (χ0n) is 27.8. The molecule has 0 aliphatic carbocycles. The van der Waals surface area contributed by atoms with Crippen LogP contribution >= 0.6 is 0 Å². The van der Waals surface area contributed by atoms with E-state index in [1.165, 1.54) is 21.5 Å². The van der Waals surface area contributed by atoms with E-state index >= 15 is 0 Å². The van der Waals surface area contributed by atoms with Crippen LogP contribution in [0.2, 0.25) is 0 Å². The monoisotopic (exact) mass is 664 g/mol. The normalized spacial score (nSPS) is 11.8. The molecule has 52 heavy (non-hydrogen) atoms. The van der Waals surface area contributed by atoms with Gasteiger partial charge in [-0.2, -0.15) is 0 Å². The van der Waals surface area contributed by atoms with Crippen LogP contribution in [0.5, 0.6) is 0 Å². The molecule has 242 valence electrons. The lowest BCUT2D eigenvalue weighted by molar-refractivity contribution is 1.07. The van der Waals surface area contributed by atoms with E-state index in [2.05, 4.69) is 118 Å². The number of nitrogens with zero attached hydrogens (tertiary/aromatic N) is 6. The van der Waals surface area contributed by atoms with Gasteiger partial charge in [-0.05, 0) is 53.9 Å². The SMILES string of the molecule is c1ccc(-c2nc(-c3ccccc3)nc(-c3cccc(-n4c5ccccc5c5cc6c7ccccc7n7c8ccccc8nc7c6cc54)c3)n2)cc1. The van der Waals surface area contributed by atoms with E-state index in [1.807, 2.05) is 60.7 Å². The van der Waals surface area contributed by atoms with E-state index in [4.69, 9.17) is 19.9 Å². The molecule has 7 aromatic carbocycles. The molecule has 0 aliphatic rings. The molecule has 0 amide bonds. The first-order chi connectivity index (χ1) is 25.8. The van der Waals surface area contributed by atoms with E-state index in [0.29, 0.717) is 17.5 Å². The molecule has 11 aromatic rings. The summed E-state index contributed by atoms with van der Waals surface area (Å²) in [5.41, 5.74) is 10.3. The van der Waals surface area contributed by atoms with Gasteiger partial charge in [0, 0.05) is 43.9 Å². The van der Waals surface area contributed by atoms with Crippen molar-refractivity contribution in [3.63, 3.8) is 0 Å². The quantitative estimate of drug-likeness (QED) is 0.176. The van der Waals surface area contributed by atoms with Crippen molar-refractivity contribution in [3.8, 4) is 39.9 Å². The lowest BCUT2D eigenvalue weighted by Crippen LogP contribution is -2.01. The molecule has 0 spiro atoms. The number of pyridine rings is 1. The average molecular weight is 665 g/mol. The topological polar surface area (TPSA) is 60.9 Å². The summed E-state index contributed by atoms with van der Waals surface area (Å²) < 4.78 is 4.67. The van der Waals surface area contributed by atoms with Gasteiger partial charge in [-0.15, -0.1) is 0 Å². The third-order valence-corrected chi connectivity index (χ3v) is 10.1. The Morgan fingerprint density at radius 1 is 0.327 bits per heavy atom. The van der Waals surface area contributed by atoms with Gasteiger partial charge >= 0.3 is 0 Å². The number of imidazole rings is 1. The van der Waals surface area contributed by atoms with Crippen molar-refractivity contribution >= 4 is 60.2 Å². The van der Waals surface area contributed by atoms with Crippen LogP contribution in [0.4, 0.5) is 0 Å². The molecule has 0 bridgehead atoms. The molecule has 0 atom stereocenters. The van der Waals surface area contributed by atoms with Gasteiger partial charge < -0.3 is 4.57 Å². The zero-order chi connectivity index (χ0) is 34.2. The Bertz CT molecular complexity index is 3120. The molecule has 6 nitrogen and oxygen atoms in total. The molecule has 0 unspecified atom stereocenters. The maximum atomic E-state index is 5.21. The standard InChI is InChI=1S/C46H28N6/c1-3-14-29(15-4-1)43-48-44(30-16-5-2-6-17-30)50-45(49-43)31-18-13-19-32(26-31)51-39-23-10-8-21-34(39)36-27-35-33-20-7-11-24-40(33)52-41-25-12-9-22-38(41)47-46(52)37(35)28-42(36)51/h1-28H. The van der Waals surface area contributed by atoms with Crippen LogP contribution in [-0.4, -0.2) is 28.9 Å². The summed E-state index contributed by atoms with van der Waals surface area (Å²) in [5.74, 6) is 1.90. The minimum atomic E-state index is 0.623. The number of para-hydroxylation sites is 4. The Morgan fingerprint density at radius 2 is 0.885 bits per heavy atom. The minimum Gasteiger partial charge on any atom is -0.309 e. The van der Waals surface area contributed by atoms with Crippen molar-refractivity contribution in [1.82, 2.24) is 28.9 Å². The van der Waals surface area contributed by atoms with Crippen molar-refractivity contribution in [1.29, 1.82) is 0 Å². The van der Waals surface area contributed by atoms with E-state index in [0.717, 1.165) is 61.0 Å². The first-order valence-corrected chi connectivity index (χ1v) is 17.4. The molecule has 0 aliphatic heterocycles. The summed E-state index contributed by atoms with van der Waals surface area (Å²) in [6.07, 6.45) is 0. The highest BCUT2D eigenvalue weighted by molar-refractivity contribution is 6.21. The van der Waals surface area contributed by atoms with E-state index in [1.54, 1.807) is 0 Å². The van der Waals surface area contributed by atoms with Crippen LogP contribution in [0, 0.1) is 0 Å². The summed E-state index contributed by atoms with van der Waals surface area (Å²) in [6, 6.07) is 59.1. The highest BCUT2D eigenvalue weighted by atomic mass is 15.0. The van der Waals surface area contributed by atoms with E-state index in [9.17, 15) is 0 Å². The van der Waals surface area contributed by atoms with Gasteiger partial charge in [0.05, 0.1) is 27.6 Å². The van der Waals surface area contributed by atoms with E-state index < -0.39 is 0 Å². The second kappa shape index (κ2) is 11.2. The fraction of sp³-hybridized carbons (Fsp3) is 0. The summed E-state index contributed by atoms with van der Waals surface area (Å²) in [6.45, 7) is 0. The first-order valence-electron chi connectivity index (χ1n) is 17.4. The first kappa shape index (κ1) is 28.6. The van der Waals surface area contributed by atoms with Crippen molar-refractivity contribution in [3.05, 3.63) is 170 Å². The summed E-state index contributed by atoms with van der Waals surface area (Å²) in [5, 5.41) is 5.89. The molecule has 0 saturated carbocycles. The Labute approximate surface area is 297 Å². The summed E-state index contributed by atoms with van der Waals surface area (Å²) in [4.78, 5) is 20.2. The van der Waals surface area contributed by atoms with Crippen LogP contribution < -0.4 is 0 Å². The van der Waals surface area contributed by atoms with Crippen LogP contribution in [0.1, 0.15) is 0 Å². The Hall–Kier alpha value is -7.18. The van der Waals surface area contributed by atoms with Gasteiger partial charge in [0.25, 0.3) is 0 Å². The van der Waals surface area contributed by atoms with Gasteiger partial charge in [-0.25, -0.2) is 19.9 Å². The number of hydrogen-bond donors (Lipinski definition) is 0. The number of fused-ring (bicyclic) bond motifs is 11. The second-order valence-electron chi connectivity index (χ2n) is 13.1. The maximum Gasteiger partial charge on any atom is 0.164 e. The highest BCUT2D eigenvalue weighted by Crippen LogP contribution is 2.40. The lowest BCUT2D eigenvalue weighted by atomic mass is 10.0. The fourth-order valence-electron chi connectivity index (χ4n) is 7.77. The molecule has 0 N–H and O–H groups in total. The molecular formula is C46H28N6. The molecule has 4 heterocycles. The number of aromatic nitrogens is 6. The highest BCUT2D eigenvalue weighted by Gasteiger charge is 2.19. The van der Waals surface area contributed by atoms with Gasteiger partial charge in [-0.3, -0.25) is 4.40 Å². The van der Waals surface area contributed by atoms with Crippen molar-refractivity contribution in [2.75, 3.05) is 0 Å². The van der Waals surface area contributed by atoms with Crippen molar-refractivity contribution in [2.45, 2.75) is 0 Å². The van der Waals surface area contributed by atoms with Crippen LogP contribution in [0.3, 0.4) is 0 Å². The van der Waals surface area contributed by atoms with Gasteiger partial charge in [0.2, 0.25) is 0 Å². The predicted molar refractivity (Wildman–Crippen MR) is 212 cm³/mol. The van der Waals surface area contributed by atoms with E-state index in [-0.39, 0.29) is 0 Å². The molecule has 0 saturated heterocycles. The fourth-order valence-corrected chi connectivity index (χ4v) is 7.77. The van der Waals surface area contributed by atoms with Gasteiger partial charge in [0.15, 0.2) is 17.5 Å². The Morgan fingerprint density at radius 3 is 1.60 bits per heavy atom. The minimum absolute atomic E-state index is 0.623. The molecule has 11 rings (SSSR count). The molecule has 6 heteroatoms. The maximum absolute atomic E-state index is 5.21. The molecular weight excluding hydrogens is 637 g/mol. The largest absolute Gasteiger partial charge is 0.309 e. The third-order valence-electron chi connectivity index (χ3n) is 10.1. The van der Waals surface area contributed by atoms with Crippen molar-refractivity contribution in [2.24, 2.45) is 0 Å². The Balaban J connectivity index is 1.18. The van der Waals surface area contributed by atoms with Crippen molar-refractivity contribution < 1.29 is 0 Å². The molecule has 0 fully saturated rings. The smallest absolute Gasteiger partial charge is 0.164 e. The van der Waals surface area contributed by atoms with Gasteiger partial charge in [-0.1, -0.05) is 121 Å². The number of rotatable bonds is 4. The predicted octanol–water partition coefficient (Wildman–Crippen LogP) is 11.1. The third kappa shape index (κ3) is 4.31. The Kier molecular flexibility index (Phi) is 6.15. The average Bonchev–Trinajstić information content (AvgIpc) is 3.77. The zero-order valence-corrected chi connectivity index (χ0v) is 27.8. The molecule has 4 aromatic heterocycles. The van der Waals surface area contributed by atoms with Crippen LogP contribution in [0.25, 0.3) is 100 Å². The second-order valence-corrected chi connectivity index (χ2v) is 13.1. The number of benzene rings is 7. The van der Waals surface area contributed by atoms with Gasteiger partial charge in [0.1, 0.15) is 5.65 Å². The lowest BCUT2D eigenvalue weighted by Gasteiger charge is -2.13. The summed E-state index contributed by atoms with van der Waals surface area (Å²) in [7, 11) is 0. The van der Waals surface area contributed by atoms with Crippen LogP contribution in [0.15, 0.2) is 170 Å². The van der Waals surface area contributed by atoms with Crippen LogP contribution in [-0.2, 0) is 0 Å². The summed E-state index contributed by atoms with van der Waals surface area (Å²) >= 11 is 0.